The van der Waals surface area contributed by atoms with Crippen LogP contribution in [-0.4, -0.2) is 9.85 Å². The second-order valence-electron chi connectivity index (χ2n) is 4.18. The number of rotatable bonds is 5. The first-order valence-corrected chi connectivity index (χ1v) is 7.91. The fraction of sp³-hybridized carbons (Fsp3) is 0.538. The molecule has 0 aliphatic heterocycles. The summed E-state index contributed by atoms with van der Waals surface area (Å²) in [5, 5.41) is 10.5. The van der Waals surface area contributed by atoms with Gasteiger partial charge >= 0.3 is 0 Å². The van der Waals surface area contributed by atoms with E-state index < -0.39 is 0 Å². The molecule has 1 aromatic carbocycles. The molecule has 5 heteroatoms. The highest BCUT2D eigenvalue weighted by Crippen LogP contribution is 2.50. The molecular weight excluding hydrogens is 311 g/mol. The molecule has 0 aliphatic carbocycles. The monoisotopic (exact) mass is 326 g/mol. The average molecular weight is 328 g/mol. The Bertz CT molecular complexity index is 422. The lowest BCUT2D eigenvalue weighted by Crippen LogP contribution is -2.21. The van der Waals surface area contributed by atoms with Crippen LogP contribution < -0.4 is 0 Å². The van der Waals surface area contributed by atoms with Crippen molar-refractivity contribution in [1.82, 2.24) is 0 Å². The van der Waals surface area contributed by atoms with Gasteiger partial charge in [0.05, 0.1) is 10.0 Å². The minimum Gasteiger partial charge on any atom is -0.506 e. The number of phenols is 1. The van der Waals surface area contributed by atoms with Crippen molar-refractivity contribution in [2.45, 2.75) is 49.7 Å². The second-order valence-corrected chi connectivity index (χ2v) is 6.82. The van der Waals surface area contributed by atoms with E-state index in [9.17, 15) is 5.11 Å². The molecule has 0 saturated heterocycles. The van der Waals surface area contributed by atoms with E-state index in [0.717, 1.165) is 24.2 Å². The normalized spacial score (nSPS) is 11.9. The number of thioether (sulfide) groups is 1. The quantitative estimate of drug-likeness (QED) is 0.498. The van der Waals surface area contributed by atoms with Gasteiger partial charge in [-0.3, -0.25) is 0 Å². The zero-order valence-electron chi connectivity index (χ0n) is 10.7. The Morgan fingerprint density at radius 2 is 1.56 bits per heavy atom. The standard InChI is InChI=1S/C13H17Cl3OS/c1-4-13(5-2,6-3)18-12-8(14)7-9(17)10(15)11(12)16/h7,17H,4-6H2,1-3H3. The highest BCUT2D eigenvalue weighted by Gasteiger charge is 2.28. The van der Waals surface area contributed by atoms with Crippen LogP contribution in [-0.2, 0) is 0 Å². The highest BCUT2D eigenvalue weighted by molar-refractivity contribution is 8.00. The molecule has 0 fully saturated rings. The maximum atomic E-state index is 9.57. The first-order valence-electron chi connectivity index (χ1n) is 5.96. The van der Waals surface area contributed by atoms with Crippen LogP contribution >= 0.6 is 46.6 Å². The van der Waals surface area contributed by atoms with Crippen LogP contribution in [0.4, 0.5) is 0 Å². The fourth-order valence-electron chi connectivity index (χ4n) is 1.84. The van der Waals surface area contributed by atoms with Gasteiger partial charge in [0.2, 0.25) is 0 Å². The van der Waals surface area contributed by atoms with Gasteiger partial charge in [-0.15, -0.1) is 11.8 Å². The molecule has 0 spiro atoms. The van der Waals surface area contributed by atoms with Crippen molar-refractivity contribution in [3.05, 3.63) is 21.1 Å². The smallest absolute Gasteiger partial charge is 0.137 e. The van der Waals surface area contributed by atoms with Gasteiger partial charge in [0.25, 0.3) is 0 Å². The van der Waals surface area contributed by atoms with Crippen LogP contribution in [0, 0.1) is 0 Å². The van der Waals surface area contributed by atoms with E-state index in [1.54, 1.807) is 11.8 Å². The first kappa shape index (κ1) is 16.3. The van der Waals surface area contributed by atoms with Gasteiger partial charge in [0.15, 0.2) is 0 Å². The van der Waals surface area contributed by atoms with Gasteiger partial charge in [0.1, 0.15) is 10.8 Å². The number of phenolic OH excluding ortho intramolecular Hbond substituents is 1. The summed E-state index contributed by atoms with van der Waals surface area (Å²) in [6.45, 7) is 6.47. The molecule has 0 saturated carbocycles. The molecule has 0 radical (unpaired) electrons. The molecular formula is C13H17Cl3OS. The summed E-state index contributed by atoms with van der Waals surface area (Å²) >= 11 is 20.0. The topological polar surface area (TPSA) is 20.2 Å². The van der Waals surface area contributed by atoms with Crippen molar-refractivity contribution in [2.75, 3.05) is 0 Å². The summed E-state index contributed by atoms with van der Waals surface area (Å²) in [6, 6.07) is 1.45. The Morgan fingerprint density at radius 1 is 1.06 bits per heavy atom. The fourth-order valence-corrected chi connectivity index (χ4v) is 3.94. The minimum absolute atomic E-state index is 0.0777. The maximum absolute atomic E-state index is 9.57. The molecule has 0 unspecified atom stereocenters. The van der Waals surface area contributed by atoms with E-state index in [-0.39, 0.29) is 15.5 Å². The third-order valence-electron chi connectivity index (χ3n) is 3.35. The number of hydrogen-bond donors (Lipinski definition) is 1. The van der Waals surface area contributed by atoms with E-state index in [4.69, 9.17) is 34.8 Å². The van der Waals surface area contributed by atoms with E-state index >= 15 is 0 Å². The predicted octanol–water partition coefficient (Wildman–Crippen LogP) is 6.41. The minimum atomic E-state index is -0.0777. The molecule has 1 N–H and O–H groups in total. The van der Waals surface area contributed by atoms with E-state index in [0.29, 0.717) is 10.0 Å². The largest absolute Gasteiger partial charge is 0.506 e. The van der Waals surface area contributed by atoms with Crippen molar-refractivity contribution in [1.29, 1.82) is 0 Å². The molecule has 0 heterocycles. The molecule has 0 aliphatic rings. The lowest BCUT2D eigenvalue weighted by molar-refractivity contribution is 0.475. The van der Waals surface area contributed by atoms with Crippen LogP contribution in [0.5, 0.6) is 5.75 Å². The summed E-state index contributed by atoms with van der Waals surface area (Å²) in [4.78, 5) is 0.756. The number of halogens is 3. The van der Waals surface area contributed by atoms with Gasteiger partial charge in [-0.2, -0.15) is 0 Å². The van der Waals surface area contributed by atoms with Gasteiger partial charge < -0.3 is 5.11 Å². The Morgan fingerprint density at radius 3 is 2.00 bits per heavy atom. The third-order valence-corrected chi connectivity index (χ3v) is 6.66. The van der Waals surface area contributed by atoms with Gasteiger partial charge in [0, 0.05) is 15.7 Å². The molecule has 1 nitrogen and oxygen atoms in total. The van der Waals surface area contributed by atoms with E-state index in [2.05, 4.69) is 20.8 Å². The van der Waals surface area contributed by atoms with Crippen molar-refractivity contribution >= 4 is 46.6 Å². The lowest BCUT2D eigenvalue weighted by Gasteiger charge is -2.30. The number of aromatic hydroxyl groups is 1. The summed E-state index contributed by atoms with van der Waals surface area (Å²) in [7, 11) is 0. The number of hydrogen-bond acceptors (Lipinski definition) is 2. The second kappa shape index (κ2) is 6.60. The highest BCUT2D eigenvalue weighted by atomic mass is 35.5. The van der Waals surface area contributed by atoms with Crippen LogP contribution in [0.15, 0.2) is 11.0 Å². The Kier molecular flexibility index (Phi) is 5.98. The molecule has 1 aromatic rings. The molecule has 18 heavy (non-hydrogen) atoms. The summed E-state index contributed by atoms with van der Waals surface area (Å²) in [5.41, 5.74) is 0. The summed E-state index contributed by atoms with van der Waals surface area (Å²) < 4.78 is 0.105. The average Bonchev–Trinajstić information content (AvgIpc) is 2.37. The van der Waals surface area contributed by atoms with Gasteiger partial charge in [-0.05, 0) is 19.3 Å². The number of benzene rings is 1. The molecule has 0 bridgehead atoms. The summed E-state index contributed by atoms with van der Waals surface area (Å²) in [5.74, 6) is -0.0777. The Hall–Kier alpha value is 0.240. The zero-order chi connectivity index (χ0) is 13.9. The van der Waals surface area contributed by atoms with Crippen LogP contribution in [0.25, 0.3) is 0 Å². The molecule has 0 aromatic heterocycles. The predicted molar refractivity (Wildman–Crippen MR) is 82.6 cm³/mol. The SMILES string of the molecule is CCC(CC)(CC)Sc1c(Cl)cc(O)c(Cl)c1Cl. The van der Waals surface area contributed by atoms with Crippen molar-refractivity contribution in [3.8, 4) is 5.75 Å². The zero-order valence-corrected chi connectivity index (χ0v) is 13.8. The lowest BCUT2D eigenvalue weighted by atomic mass is 9.99. The van der Waals surface area contributed by atoms with Gasteiger partial charge in [-0.25, -0.2) is 0 Å². The molecule has 102 valence electrons. The van der Waals surface area contributed by atoms with E-state index in [1.807, 2.05) is 0 Å². The maximum Gasteiger partial charge on any atom is 0.137 e. The summed E-state index contributed by atoms with van der Waals surface area (Å²) in [6.07, 6.45) is 3.07. The van der Waals surface area contributed by atoms with Crippen LogP contribution in [0.2, 0.25) is 15.1 Å². The molecule has 0 amide bonds. The Labute approximate surface area is 128 Å². The van der Waals surface area contributed by atoms with Crippen molar-refractivity contribution in [2.24, 2.45) is 0 Å². The molecule has 1 rings (SSSR count). The first-order chi connectivity index (χ1) is 8.40. The van der Waals surface area contributed by atoms with Crippen molar-refractivity contribution < 1.29 is 5.11 Å². The molecule has 0 atom stereocenters. The Balaban J connectivity index is 3.22. The third kappa shape index (κ3) is 3.22. The van der Waals surface area contributed by atoms with Gasteiger partial charge in [-0.1, -0.05) is 55.6 Å². The van der Waals surface area contributed by atoms with Crippen LogP contribution in [0.1, 0.15) is 40.0 Å². The van der Waals surface area contributed by atoms with E-state index in [1.165, 1.54) is 6.07 Å². The van der Waals surface area contributed by atoms with Crippen LogP contribution in [0.3, 0.4) is 0 Å². The van der Waals surface area contributed by atoms with Crippen molar-refractivity contribution in [3.63, 3.8) is 0 Å².